The highest BCUT2D eigenvalue weighted by Crippen LogP contribution is 2.19. The van der Waals surface area contributed by atoms with Gasteiger partial charge in [-0.25, -0.2) is 0 Å². The molecule has 0 unspecified atom stereocenters. The molecule has 0 heterocycles. The molecule has 86 valence electrons. The van der Waals surface area contributed by atoms with E-state index in [1.807, 2.05) is 5.92 Å². The minimum atomic E-state index is -0.880. The third kappa shape index (κ3) is 3.14. The summed E-state index contributed by atoms with van der Waals surface area (Å²) in [5.41, 5.74) is 4.73. The summed E-state index contributed by atoms with van der Waals surface area (Å²) in [5.74, 6) is 3.12. The highest BCUT2D eigenvalue weighted by molar-refractivity contribution is 5.95. The number of nitro benzene ring substituents is 1. The van der Waals surface area contributed by atoms with Crippen molar-refractivity contribution in [2.75, 3.05) is 0 Å². The van der Waals surface area contributed by atoms with Gasteiger partial charge in [0.1, 0.15) is 5.56 Å². The number of rotatable bonds is 2. The van der Waals surface area contributed by atoms with E-state index >= 15 is 0 Å². The van der Waals surface area contributed by atoms with Gasteiger partial charge in [0.05, 0.1) is 4.92 Å². The van der Waals surface area contributed by atoms with E-state index in [2.05, 4.69) is 5.92 Å². The van der Waals surface area contributed by atoms with E-state index in [1.165, 1.54) is 19.1 Å². The van der Waals surface area contributed by atoms with Crippen LogP contribution in [0.4, 0.5) is 5.69 Å². The van der Waals surface area contributed by atoms with E-state index in [9.17, 15) is 19.7 Å². The lowest BCUT2D eigenvalue weighted by Gasteiger charge is -1.98. The number of nitro groups is 1. The highest BCUT2D eigenvalue weighted by atomic mass is 16.6. The molecular formula is C11H8N2O4. The molecule has 1 aromatic rings. The average Bonchev–Trinajstić information content (AvgIpc) is 2.25. The van der Waals surface area contributed by atoms with Gasteiger partial charge in [-0.3, -0.25) is 19.7 Å². The Morgan fingerprint density at radius 3 is 2.53 bits per heavy atom. The Labute approximate surface area is 96.6 Å². The number of carbonyl (C=O) groups is 2. The maximum Gasteiger partial charge on any atom is 0.293 e. The van der Waals surface area contributed by atoms with Crippen LogP contribution in [0.25, 0.3) is 0 Å². The van der Waals surface area contributed by atoms with Crippen LogP contribution in [-0.2, 0) is 4.79 Å². The van der Waals surface area contributed by atoms with Crippen molar-refractivity contribution in [1.29, 1.82) is 0 Å². The number of hydrogen-bond donors (Lipinski definition) is 1. The first-order valence-electron chi connectivity index (χ1n) is 4.52. The maximum absolute atomic E-state index is 11.1. The fraction of sp³-hybridized carbons (Fsp3) is 0.0909. The maximum atomic E-state index is 11.1. The Hall–Kier alpha value is -2.68. The second-order valence-corrected chi connectivity index (χ2v) is 3.16. The van der Waals surface area contributed by atoms with Gasteiger partial charge in [0, 0.05) is 17.6 Å². The lowest BCUT2D eigenvalue weighted by atomic mass is 10.1. The van der Waals surface area contributed by atoms with Crippen molar-refractivity contribution in [2.45, 2.75) is 6.92 Å². The number of Topliss-reactive ketones (excluding diaryl/α,β-unsaturated/α-hetero) is 1. The van der Waals surface area contributed by atoms with Crippen LogP contribution < -0.4 is 5.73 Å². The molecule has 0 saturated carbocycles. The molecule has 1 amide bonds. The Morgan fingerprint density at radius 2 is 2.06 bits per heavy atom. The van der Waals surface area contributed by atoms with Gasteiger partial charge in [-0.05, 0) is 25.0 Å². The van der Waals surface area contributed by atoms with Gasteiger partial charge < -0.3 is 5.73 Å². The summed E-state index contributed by atoms with van der Waals surface area (Å²) in [6, 6.07) is 3.83. The molecule has 0 aromatic heterocycles. The van der Waals surface area contributed by atoms with Crippen LogP contribution in [0.5, 0.6) is 0 Å². The Balaban J connectivity index is 3.34. The van der Waals surface area contributed by atoms with Gasteiger partial charge in [0.2, 0.25) is 0 Å². The van der Waals surface area contributed by atoms with Gasteiger partial charge >= 0.3 is 0 Å². The molecule has 0 radical (unpaired) electrons. The van der Waals surface area contributed by atoms with Crippen molar-refractivity contribution >= 4 is 17.4 Å². The zero-order chi connectivity index (χ0) is 13.0. The third-order valence-electron chi connectivity index (χ3n) is 1.92. The smallest absolute Gasteiger partial charge is 0.293 e. The van der Waals surface area contributed by atoms with E-state index in [-0.39, 0.29) is 22.6 Å². The summed E-state index contributed by atoms with van der Waals surface area (Å²) in [6.07, 6.45) is 0. The minimum absolute atomic E-state index is 0.0406. The first-order chi connectivity index (χ1) is 7.91. The molecule has 2 N–H and O–H groups in total. The summed E-state index contributed by atoms with van der Waals surface area (Å²) in [6.45, 7) is 1.30. The molecule has 0 spiro atoms. The number of amides is 1. The van der Waals surface area contributed by atoms with Crippen LogP contribution in [0.15, 0.2) is 18.2 Å². The SMILES string of the molecule is CC(=O)c1ccc(C#CC(N)=O)c([N+](=O)[O-])c1. The molecule has 0 fully saturated rings. The van der Waals surface area contributed by atoms with Crippen LogP contribution >= 0.6 is 0 Å². The first-order valence-corrected chi connectivity index (χ1v) is 4.52. The van der Waals surface area contributed by atoms with Gasteiger partial charge in [0.15, 0.2) is 5.78 Å². The monoisotopic (exact) mass is 232 g/mol. The largest absolute Gasteiger partial charge is 0.359 e. The second-order valence-electron chi connectivity index (χ2n) is 3.16. The molecule has 0 saturated heterocycles. The summed E-state index contributed by atoms with van der Waals surface area (Å²) >= 11 is 0. The van der Waals surface area contributed by atoms with Crippen molar-refractivity contribution in [3.05, 3.63) is 39.4 Å². The predicted molar refractivity (Wildman–Crippen MR) is 59.2 cm³/mol. The molecule has 6 nitrogen and oxygen atoms in total. The molecule has 0 aliphatic carbocycles. The van der Waals surface area contributed by atoms with Crippen molar-refractivity contribution in [3.63, 3.8) is 0 Å². The molecule has 17 heavy (non-hydrogen) atoms. The summed E-state index contributed by atoms with van der Waals surface area (Å²) in [7, 11) is 0. The van der Waals surface area contributed by atoms with E-state index < -0.39 is 10.8 Å². The second kappa shape index (κ2) is 4.90. The molecule has 0 atom stereocenters. The zero-order valence-electron chi connectivity index (χ0n) is 8.89. The Morgan fingerprint density at radius 1 is 1.41 bits per heavy atom. The minimum Gasteiger partial charge on any atom is -0.359 e. The lowest BCUT2D eigenvalue weighted by molar-refractivity contribution is -0.385. The van der Waals surface area contributed by atoms with Crippen LogP contribution in [0.2, 0.25) is 0 Å². The Bertz CT molecular complexity index is 567. The van der Waals surface area contributed by atoms with Crippen LogP contribution in [0, 0.1) is 22.0 Å². The first kappa shape index (κ1) is 12.4. The topological polar surface area (TPSA) is 103 Å². The number of nitrogens with zero attached hydrogens (tertiary/aromatic N) is 1. The molecule has 0 aliphatic heterocycles. The Kier molecular flexibility index (Phi) is 3.57. The van der Waals surface area contributed by atoms with E-state index in [1.54, 1.807) is 0 Å². The van der Waals surface area contributed by atoms with E-state index in [0.29, 0.717) is 0 Å². The molecular weight excluding hydrogens is 224 g/mol. The quantitative estimate of drug-likeness (QED) is 0.349. The van der Waals surface area contributed by atoms with Crippen molar-refractivity contribution in [2.24, 2.45) is 5.73 Å². The lowest BCUT2D eigenvalue weighted by Crippen LogP contribution is -2.06. The van der Waals surface area contributed by atoms with Crippen LogP contribution in [0.1, 0.15) is 22.8 Å². The van der Waals surface area contributed by atoms with Gasteiger partial charge in [-0.1, -0.05) is 0 Å². The van der Waals surface area contributed by atoms with Crippen molar-refractivity contribution in [1.82, 2.24) is 0 Å². The average molecular weight is 232 g/mol. The van der Waals surface area contributed by atoms with E-state index in [0.717, 1.165) is 6.07 Å². The zero-order valence-corrected chi connectivity index (χ0v) is 8.89. The molecule has 1 aromatic carbocycles. The number of primary amides is 1. The number of benzene rings is 1. The normalized spacial score (nSPS) is 9.00. The highest BCUT2D eigenvalue weighted by Gasteiger charge is 2.14. The fourth-order valence-corrected chi connectivity index (χ4v) is 1.14. The van der Waals surface area contributed by atoms with E-state index in [4.69, 9.17) is 5.73 Å². The molecule has 1 rings (SSSR count). The van der Waals surface area contributed by atoms with Gasteiger partial charge in [0.25, 0.3) is 11.6 Å². The molecule has 0 aliphatic rings. The summed E-state index contributed by atoms with van der Waals surface area (Å²) < 4.78 is 0. The molecule has 0 bridgehead atoms. The van der Waals surface area contributed by atoms with Crippen LogP contribution in [0.3, 0.4) is 0 Å². The predicted octanol–water partition coefficient (Wildman–Crippen LogP) is 0.634. The number of carbonyl (C=O) groups excluding carboxylic acids is 2. The molecule has 6 heteroatoms. The summed E-state index contributed by atoms with van der Waals surface area (Å²) in [4.78, 5) is 31.6. The van der Waals surface area contributed by atoms with Crippen molar-refractivity contribution in [3.8, 4) is 11.8 Å². The number of nitrogens with two attached hydrogens (primary N) is 1. The standard InChI is InChI=1S/C11H8N2O4/c1-7(14)9-3-2-8(4-5-11(12)15)10(6-9)13(16)17/h2-3,6H,1H3,(H2,12,15). The summed E-state index contributed by atoms with van der Waals surface area (Å²) in [5, 5.41) is 10.8. The number of hydrogen-bond acceptors (Lipinski definition) is 4. The van der Waals surface area contributed by atoms with Gasteiger partial charge in [-0.15, -0.1) is 0 Å². The van der Waals surface area contributed by atoms with Crippen molar-refractivity contribution < 1.29 is 14.5 Å². The fourth-order valence-electron chi connectivity index (χ4n) is 1.14. The van der Waals surface area contributed by atoms with Crippen LogP contribution in [-0.4, -0.2) is 16.6 Å². The van der Waals surface area contributed by atoms with Gasteiger partial charge in [-0.2, -0.15) is 0 Å². The third-order valence-corrected chi connectivity index (χ3v) is 1.92. The number of ketones is 1.